The van der Waals surface area contributed by atoms with Crippen LogP contribution in [0.5, 0.6) is 0 Å². The molecule has 0 saturated heterocycles. The number of halogens is 1. The Bertz CT molecular complexity index is 1520. The summed E-state index contributed by atoms with van der Waals surface area (Å²) < 4.78 is 3.31. The van der Waals surface area contributed by atoms with Gasteiger partial charge in [-0.15, -0.1) is 0 Å². The minimum Gasteiger partial charge on any atom is -0.364 e. The number of nitrogens with zero attached hydrogens (tertiary/aromatic N) is 4. The van der Waals surface area contributed by atoms with Gasteiger partial charge in [-0.05, 0) is 54.6 Å². The summed E-state index contributed by atoms with van der Waals surface area (Å²) in [7, 11) is 0. The minimum atomic E-state index is -0.591. The van der Waals surface area contributed by atoms with E-state index in [0.29, 0.717) is 16.4 Å². The van der Waals surface area contributed by atoms with Crippen LogP contribution in [-0.2, 0) is 11.2 Å². The van der Waals surface area contributed by atoms with Crippen molar-refractivity contribution in [1.29, 1.82) is 0 Å². The zero-order valence-corrected chi connectivity index (χ0v) is 19.8. The zero-order chi connectivity index (χ0) is 25.1. The molecule has 178 valence electrons. The highest BCUT2D eigenvalue weighted by atomic mass is 35.5. The lowest BCUT2D eigenvalue weighted by Gasteiger charge is -2.07. The van der Waals surface area contributed by atoms with E-state index < -0.39 is 5.91 Å². The van der Waals surface area contributed by atoms with Gasteiger partial charge in [0.05, 0.1) is 23.5 Å². The molecular formula is C27H21ClN6O2. The second kappa shape index (κ2) is 9.89. The minimum absolute atomic E-state index is 0.133. The number of hydrogen-bond acceptors (Lipinski definition) is 4. The Morgan fingerprint density at radius 3 is 2.19 bits per heavy atom. The average molecular weight is 497 g/mol. The van der Waals surface area contributed by atoms with Crippen molar-refractivity contribution in [2.75, 3.05) is 5.32 Å². The van der Waals surface area contributed by atoms with Crippen LogP contribution in [0.2, 0.25) is 5.02 Å². The van der Waals surface area contributed by atoms with Crippen molar-refractivity contribution in [3.05, 3.63) is 114 Å². The Morgan fingerprint density at radius 1 is 0.833 bits per heavy atom. The number of carbonyl (C=O) groups excluding carboxylic acids is 2. The summed E-state index contributed by atoms with van der Waals surface area (Å²) in [4.78, 5) is 24.2. The summed E-state index contributed by atoms with van der Waals surface area (Å²) in [6, 6.07) is 25.8. The van der Waals surface area contributed by atoms with Crippen molar-refractivity contribution in [2.45, 2.75) is 6.42 Å². The van der Waals surface area contributed by atoms with Crippen LogP contribution in [0, 0.1) is 0 Å². The van der Waals surface area contributed by atoms with Gasteiger partial charge in [0.15, 0.2) is 0 Å². The number of amides is 2. The highest BCUT2D eigenvalue weighted by Gasteiger charge is 2.16. The summed E-state index contributed by atoms with van der Waals surface area (Å²) in [6.07, 6.45) is 3.65. The number of aromatic nitrogens is 4. The Kier molecular flexibility index (Phi) is 6.34. The van der Waals surface area contributed by atoms with Gasteiger partial charge in [0.1, 0.15) is 5.69 Å². The molecule has 0 bridgehead atoms. The lowest BCUT2D eigenvalue weighted by Crippen LogP contribution is -2.14. The number of hydrogen-bond donors (Lipinski definition) is 2. The molecule has 2 heterocycles. The number of nitrogens with two attached hydrogens (primary N) is 1. The topological polar surface area (TPSA) is 108 Å². The zero-order valence-electron chi connectivity index (χ0n) is 19.0. The molecule has 8 nitrogen and oxygen atoms in total. The number of para-hydroxylation sites is 1. The van der Waals surface area contributed by atoms with Crippen LogP contribution in [0.3, 0.4) is 0 Å². The summed E-state index contributed by atoms with van der Waals surface area (Å²) in [5.74, 6) is -0.771. The number of anilines is 1. The number of nitrogens with one attached hydrogen (secondary N) is 1. The van der Waals surface area contributed by atoms with Crippen molar-refractivity contribution in [2.24, 2.45) is 5.73 Å². The first-order valence-corrected chi connectivity index (χ1v) is 11.5. The van der Waals surface area contributed by atoms with Crippen LogP contribution in [-0.4, -0.2) is 31.4 Å². The molecule has 2 amide bonds. The first-order chi connectivity index (χ1) is 17.5. The fourth-order valence-corrected chi connectivity index (χ4v) is 3.90. The fraction of sp³-hybridized carbons (Fsp3) is 0.0370. The van der Waals surface area contributed by atoms with E-state index in [9.17, 15) is 9.59 Å². The lowest BCUT2D eigenvalue weighted by molar-refractivity contribution is -0.115. The predicted molar refractivity (Wildman–Crippen MR) is 138 cm³/mol. The molecule has 3 aromatic carbocycles. The molecule has 0 aliphatic carbocycles. The molecular weight excluding hydrogens is 476 g/mol. The van der Waals surface area contributed by atoms with E-state index in [2.05, 4.69) is 10.4 Å². The highest BCUT2D eigenvalue weighted by molar-refractivity contribution is 6.30. The van der Waals surface area contributed by atoms with Gasteiger partial charge >= 0.3 is 0 Å². The monoisotopic (exact) mass is 496 g/mol. The van der Waals surface area contributed by atoms with Crippen LogP contribution in [0.25, 0.3) is 22.6 Å². The quantitative estimate of drug-likeness (QED) is 0.341. The molecule has 36 heavy (non-hydrogen) atoms. The first kappa shape index (κ1) is 23.1. The highest BCUT2D eigenvalue weighted by Crippen LogP contribution is 2.26. The van der Waals surface area contributed by atoms with Crippen molar-refractivity contribution in [3.8, 4) is 22.6 Å². The maximum absolute atomic E-state index is 13.0. The summed E-state index contributed by atoms with van der Waals surface area (Å²) in [6.45, 7) is 0. The lowest BCUT2D eigenvalue weighted by atomic mass is 10.1. The second-order valence-corrected chi connectivity index (χ2v) is 8.51. The summed E-state index contributed by atoms with van der Waals surface area (Å²) >= 11 is 6.06. The van der Waals surface area contributed by atoms with Crippen LogP contribution in [0.1, 0.15) is 16.1 Å². The van der Waals surface area contributed by atoms with Gasteiger partial charge in [0, 0.05) is 34.2 Å². The van der Waals surface area contributed by atoms with Gasteiger partial charge in [-0.3, -0.25) is 9.59 Å². The third kappa shape index (κ3) is 5.03. The molecule has 0 unspecified atom stereocenters. The van der Waals surface area contributed by atoms with Crippen molar-refractivity contribution in [3.63, 3.8) is 0 Å². The predicted octanol–water partition coefficient (Wildman–Crippen LogP) is 4.66. The number of primary amides is 1. The van der Waals surface area contributed by atoms with E-state index in [1.165, 1.54) is 0 Å². The van der Waals surface area contributed by atoms with E-state index in [-0.39, 0.29) is 18.0 Å². The Hall–Kier alpha value is -4.69. The number of carbonyl (C=O) groups is 2. The molecule has 5 rings (SSSR count). The third-order valence-corrected chi connectivity index (χ3v) is 5.79. The molecule has 0 fully saturated rings. The van der Waals surface area contributed by atoms with Crippen molar-refractivity contribution < 1.29 is 9.59 Å². The van der Waals surface area contributed by atoms with Crippen molar-refractivity contribution in [1.82, 2.24) is 19.6 Å². The molecule has 5 aromatic rings. The first-order valence-electron chi connectivity index (χ1n) is 11.1. The van der Waals surface area contributed by atoms with Gasteiger partial charge in [-0.2, -0.15) is 10.2 Å². The van der Waals surface area contributed by atoms with E-state index in [1.807, 2.05) is 48.7 Å². The van der Waals surface area contributed by atoms with E-state index in [1.54, 1.807) is 58.0 Å². The van der Waals surface area contributed by atoms with Gasteiger partial charge in [-0.25, -0.2) is 9.36 Å². The number of rotatable bonds is 7. The Balaban J connectivity index is 1.35. The van der Waals surface area contributed by atoms with Gasteiger partial charge in [-0.1, -0.05) is 41.9 Å². The fourth-order valence-electron chi connectivity index (χ4n) is 3.78. The maximum atomic E-state index is 13.0. The van der Waals surface area contributed by atoms with Gasteiger partial charge in [0.2, 0.25) is 5.91 Å². The molecule has 0 spiro atoms. The summed E-state index contributed by atoms with van der Waals surface area (Å²) in [5.41, 5.74) is 10.1. The second-order valence-electron chi connectivity index (χ2n) is 8.07. The molecule has 0 atom stereocenters. The molecule has 0 radical (unpaired) electrons. The Labute approximate surface area is 211 Å². The largest absolute Gasteiger partial charge is 0.364 e. The molecule has 0 aliphatic heterocycles. The average Bonchev–Trinajstić information content (AvgIpc) is 3.54. The van der Waals surface area contributed by atoms with Gasteiger partial charge < -0.3 is 11.1 Å². The molecule has 9 heteroatoms. The SMILES string of the molecule is NC(=O)c1ccn(-c2ccc(NC(=O)Cc3cn(-c4ccccc4)nc3-c3ccc(Cl)cc3)cc2)n1. The van der Waals surface area contributed by atoms with E-state index in [4.69, 9.17) is 22.4 Å². The normalized spacial score (nSPS) is 10.8. The van der Waals surface area contributed by atoms with Crippen LogP contribution < -0.4 is 11.1 Å². The van der Waals surface area contributed by atoms with E-state index in [0.717, 1.165) is 22.5 Å². The molecule has 0 saturated carbocycles. The van der Waals surface area contributed by atoms with Crippen LogP contribution in [0.4, 0.5) is 5.69 Å². The molecule has 3 N–H and O–H groups in total. The third-order valence-electron chi connectivity index (χ3n) is 5.54. The van der Waals surface area contributed by atoms with Crippen molar-refractivity contribution >= 4 is 29.1 Å². The molecule has 2 aromatic heterocycles. The summed E-state index contributed by atoms with van der Waals surface area (Å²) in [5, 5.41) is 12.4. The van der Waals surface area contributed by atoms with Crippen LogP contribution >= 0.6 is 11.6 Å². The standard InChI is InChI=1S/C27H21ClN6O2/c28-20-8-6-18(7-9-20)26-19(17-34(32-26)22-4-2-1-3-5-22)16-25(35)30-21-10-12-23(13-11-21)33-15-14-24(31-33)27(29)36/h1-15,17H,16H2,(H2,29,36)(H,30,35). The molecule has 0 aliphatic rings. The Morgan fingerprint density at radius 2 is 1.53 bits per heavy atom. The van der Waals surface area contributed by atoms with Gasteiger partial charge in [0.25, 0.3) is 5.91 Å². The van der Waals surface area contributed by atoms with Crippen LogP contribution in [0.15, 0.2) is 97.3 Å². The van der Waals surface area contributed by atoms with E-state index >= 15 is 0 Å². The maximum Gasteiger partial charge on any atom is 0.269 e. The number of benzene rings is 3. The smallest absolute Gasteiger partial charge is 0.269 e.